The van der Waals surface area contributed by atoms with Gasteiger partial charge in [0.15, 0.2) is 0 Å². The fourth-order valence-corrected chi connectivity index (χ4v) is 4.83. The van der Waals surface area contributed by atoms with Crippen LogP contribution in [-0.2, 0) is 19.6 Å². The summed E-state index contributed by atoms with van der Waals surface area (Å²) in [6, 6.07) is 3.26. The molecule has 0 amide bonds. The van der Waals surface area contributed by atoms with Crippen LogP contribution in [0.2, 0.25) is 0 Å². The van der Waals surface area contributed by atoms with E-state index in [0.717, 1.165) is 25.7 Å². The first-order chi connectivity index (χ1) is 11.8. The predicted octanol–water partition coefficient (Wildman–Crippen LogP) is 3.08. The number of carbonyl (C=O) groups excluding carboxylic acids is 1. The van der Waals surface area contributed by atoms with Crippen LogP contribution in [0.15, 0.2) is 28.3 Å². The first-order valence-corrected chi connectivity index (χ1v) is 11.0. The van der Waals surface area contributed by atoms with Crippen molar-refractivity contribution in [2.75, 3.05) is 12.8 Å². The van der Waals surface area contributed by atoms with Crippen LogP contribution >= 0.6 is 11.8 Å². The van der Waals surface area contributed by atoms with Crippen LogP contribution < -0.4 is 0 Å². The molecule has 1 saturated carbocycles. The topological polar surface area (TPSA) is 76.6 Å². The molecule has 0 radical (unpaired) electrons. The maximum Gasteiger partial charge on any atom is 0.316 e. The molecule has 140 valence electrons. The number of sulfonamides is 1. The molecule has 8 heteroatoms. The van der Waals surface area contributed by atoms with E-state index in [2.05, 4.69) is 4.98 Å². The molecule has 0 unspecified atom stereocenters. The number of thioether (sulfide) groups is 1. The number of hydrogen-bond donors (Lipinski definition) is 0. The van der Waals surface area contributed by atoms with Gasteiger partial charge in [0.1, 0.15) is 4.90 Å². The number of esters is 1. The lowest BCUT2D eigenvalue weighted by Crippen LogP contribution is -2.38. The molecule has 0 N–H and O–H groups in total. The third kappa shape index (κ3) is 5.69. The minimum Gasteiger partial charge on any atom is -0.462 e. The van der Waals surface area contributed by atoms with E-state index < -0.39 is 10.0 Å². The minimum atomic E-state index is -3.53. The molecule has 6 nitrogen and oxygen atoms in total. The maximum absolute atomic E-state index is 12.7. The monoisotopic (exact) mass is 386 g/mol. The Morgan fingerprint density at radius 1 is 1.32 bits per heavy atom. The van der Waals surface area contributed by atoms with Gasteiger partial charge in [-0.3, -0.25) is 4.79 Å². The van der Waals surface area contributed by atoms with Crippen molar-refractivity contribution < 1.29 is 17.9 Å². The molecule has 25 heavy (non-hydrogen) atoms. The van der Waals surface area contributed by atoms with E-state index in [-0.39, 0.29) is 28.8 Å². The zero-order valence-corrected chi connectivity index (χ0v) is 16.6. The van der Waals surface area contributed by atoms with Gasteiger partial charge in [0.05, 0.1) is 16.9 Å². The number of nitrogens with zero attached hydrogens (tertiary/aromatic N) is 2. The second-order valence-electron chi connectivity index (χ2n) is 6.47. The zero-order valence-electron chi connectivity index (χ0n) is 15.0. The van der Waals surface area contributed by atoms with Gasteiger partial charge in [-0.05, 0) is 38.8 Å². The van der Waals surface area contributed by atoms with Gasteiger partial charge in [-0.25, -0.2) is 13.4 Å². The van der Waals surface area contributed by atoms with Crippen LogP contribution in [0.4, 0.5) is 0 Å². The van der Waals surface area contributed by atoms with Gasteiger partial charge in [0.2, 0.25) is 10.0 Å². The highest BCUT2D eigenvalue weighted by Crippen LogP contribution is 2.27. The molecule has 1 heterocycles. The third-order valence-corrected chi connectivity index (χ3v) is 6.99. The predicted molar refractivity (Wildman–Crippen MR) is 98.0 cm³/mol. The molecule has 0 spiro atoms. The molecule has 0 saturated heterocycles. The molecule has 0 aliphatic heterocycles. The van der Waals surface area contributed by atoms with Gasteiger partial charge in [-0.2, -0.15) is 4.31 Å². The number of hydrogen-bond acceptors (Lipinski definition) is 6. The average molecular weight is 387 g/mol. The Kier molecular flexibility index (Phi) is 7.27. The summed E-state index contributed by atoms with van der Waals surface area (Å²) in [5.41, 5.74) is 0. The average Bonchev–Trinajstić information content (AvgIpc) is 2.60. The molecule has 1 aromatic rings. The van der Waals surface area contributed by atoms with Crippen LogP contribution in [0.3, 0.4) is 0 Å². The Bertz CT molecular complexity index is 668. The van der Waals surface area contributed by atoms with Crippen LogP contribution in [-0.4, -0.2) is 48.6 Å². The van der Waals surface area contributed by atoms with E-state index >= 15 is 0 Å². The van der Waals surface area contributed by atoms with Crippen LogP contribution in [0, 0.1) is 0 Å². The number of aromatic nitrogens is 1. The highest BCUT2D eigenvalue weighted by Gasteiger charge is 2.29. The first-order valence-electron chi connectivity index (χ1n) is 8.57. The van der Waals surface area contributed by atoms with Crippen molar-refractivity contribution >= 4 is 27.8 Å². The van der Waals surface area contributed by atoms with Gasteiger partial charge in [-0.1, -0.05) is 31.0 Å². The number of ether oxygens (including phenoxy) is 1. The number of pyridine rings is 1. The lowest BCUT2D eigenvalue weighted by Gasteiger charge is -2.30. The lowest BCUT2D eigenvalue weighted by atomic mass is 9.96. The molecule has 0 atom stereocenters. The summed E-state index contributed by atoms with van der Waals surface area (Å²) in [4.78, 5) is 15.9. The van der Waals surface area contributed by atoms with Gasteiger partial charge in [-0.15, -0.1) is 0 Å². The van der Waals surface area contributed by atoms with Crippen molar-refractivity contribution in [3.8, 4) is 0 Å². The van der Waals surface area contributed by atoms with Gasteiger partial charge >= 0.3 is 5.97 Å². The molecular weight excluding hydrogens is 360 g/mol. The molecule has 1 fully saturated rings. The van der Waals surface area contributed by atoms with Gasteiger partial charge < -0.3 is 4.74 Å². The van der Waals surface area contributed by atoms with Gasteiger partial charge in [0, 0.05) is 19.3 Å². The Morgan fingerprint density at radius 2 is 2.00 bits per heavy atom. The second kappa shape index (κ2) is 9.00. The Balaban J connectivity index is 1.99. The third-order valence-electron chi connectivity index (χ3n) is 4.18. The zero-order chi connectivity index (χ0) is 18.4. The van der Waals surface area contributed by atoms with Crippen molar-refractivity contribution in [3.63, 3.8) is 0 Å². The van der Waals surface area contributed by atoms with E-state index in [1.165, 1.54) is 28.7 Å². The highest BCUT2D eigenvalue weighted by atomic mass is 32.2. The van der Waals surface area contributed by atoms with E-state index in [1.54, 1.807) is 33.0 Å². The molecule has 0 aromatic carbocycles. The largest absolute Gasteiger partial charge is 0.462 e. The molecule has 1 aliphatic rings. The summed E-state index contributed by atoms with van der Waals surface area (Å²) in [5, 5.41) is 0.597. The fourth-order valence-electron chi connectivity index (χ4n) is 2.84. The van der Waals surface area contributed by atoms with E-state index in [4.69, 9.17) is 4.74 Å². The van der Waals surface area contributed by atoms with E-state index in [0.29, 0.717) is 5.03 Å². The standard InChI is InChI=1S/C17H26N2O4S2/c1-13(2)23-17(20)12-24-16-10-9-15(11-18-16)25(21,22)19(3)14-7-5-4-6-8-14/h9-11,13-14H,4-8,12H2,1-3H3. The summed E-state index contributed by atoms with van der Waals surface area (Å²) < 4.78 is 32.0. The molecule has 0 bridgehead atoms. The smallest absolute Gasteiger partial charge is 0.316 e. The number of rotatable bonds is 7. The fraction of sp³-hybridized carbons (Fsp3) is 0.647. The van der Waals surface area contributed by atoms with Crippen molar-refractivity contribution in [2.45, 2.75) is 68.0 Å². The Morgan fingerprint density at radius 3 is 2.56 bits per heavy atom. The van der Waals surface area contributed by atoms with Crippen molar-refractivity contribution in [2.24, 2.45) is 0 Å². The summed E-state index contributed by atoms with van der Waals surface area (Å²) in [5.74, 6) is -0.158. The minimum absolute atomic E-state index is 0.0682. The first kappa shape index (κ1) is 20.2. The Hall–Kier alpha value is -1.12. The number of carbonyl (C=O) groups is 1. The lowest BCUT2D eigenvalue weighted by molar-refractivity contribution is -0.144. The van der Waals surface area contributed by atoms with Crippen molar-refractivity contribution in [1.29, 1.82) is 0 Å². The SMILES string of the molecule is CC(C)OC(=O)CSc1ccc(S(=O)(=O)N(C)C2CCCCC2)cn1. The Labute approximate surface area is 154 Å². The summed E-state index contributed by atoms with van der Waals surface area (Å²) in [6.07, 6.45) is 6.37. The van der Waals surface area contributed by atoms with Crippen LogP contribution in [0.5, 0.6) is 0 Å². The molecule has 2 rings (SSSR count). The molecule has 1 aliphatic carbocycles. The summed E-state index contributed by atoms with van der Waals surface area (Å²) >= 11 is 1.23. The van der Waals surface area contributed by atoms with E-state index in [9.17, 15) is 13.2 Å². The van der Waals surface area contributed by atoms with Gasteiger partial charge in [0.25, 0.3) is 0 Å². The second-order valence-corrected chi connectivity index (χ2v) is 9.47. The maximum atomic E-state index is 12.7. The van der Waals surface area contributed by atoms with Crippen molar-refractivity contribution in [3.05, 3.63) is 18.3 Å². The summed E-state index contributed by atoms with van der Waals surface area (Å²) in [7, 11) is -1.88. The highest BCUT2D eigenvalue weighted by molar-refractivity contribution is 7.99. The normalized spacial score (nSPS) is 16.4. The van der Waals surface area contributed by atoms with Crippen LogP contribution in [0.25, 0.3) is 0 Å². The van der Waals surface area contributed by atoms with Crippen LogP contribution in [0.1, 0.15) is 46.0 Å². The quantitative estimate of drug-likeness (QED) is 0.529. The summed E-state index contributed by atoms with van der Waals surface area (Å²) in [6.45, 7) is 3.59. The molecular formula is C17H26N2O4S2. The van der Waals surface area contributed by atoms with Crippen molar-refractivity contribution in [1.82, 2.24) is 9.29 Å². The molecule has 1 aromatic heterocycles. The van der Waals surface area contributed by atoms with E-state index in [1.807, 2.05) is 0 Å².